The van der Waals surface area contributed by atoms with E-state index in [2.05, 4.69) is 41.4 Å². The molecule has 2 heterocycles. The van der Waals surface area contributed by atoms with Gasteiger partial charge in [0, 0.05) is 43.9 Å². The van der Waals surface area contributed by atoms with Crippen molar-refractivity contribution in [3.05, 3.63) is 53.1 Å². The van der Waals surface area contributed by atoms with E-state index in [-0.39, 0.29) is 0 Å². The Balaban J connectivity index is 1.79. The SMILES string of the molecule is COc1ccc2c(c1)Oc1ccc(C)cc1C(N1CCNCC1)C2. The van der Waals surface area contributed by atoms with Gasteiger partial charge in [-0.25, -0.2) is 0 Å². The molecule has 0 radical (unpaired) electrons. The molecule has 2 aromatic carbocycles. The Kier molecular flexibility index (Phi) is 4.17. The molecule has 4 rings (SSSR count). The summed E-state index contributed by atoms with van der Waals surface area (Å²) in [7, 11) is 1.69. The van der Waals surface area contributed by atoms with Crippen LogP contribution < -0.4 is 14.8 Å². The second kappa shape index (κ2) is 6.46. The van der Waals surface area contributed by atoms with E-state index in [9.17, 15) is 0 Å². The van der Waals surface area contributed by atoms with Crippen LogP contribution in [-0.2, 0) is 6.42 Å². The van der Waals surface area contributed by atoms with Gasteiger partial charge in [-0.15, -0.1) is 0 Å². The number of aryl methyl sites for hydroxylation is 1. The molecule has 0 spiro atoms. The minimum absolute atomic E-state index is 0.358. The molecule has 4 heteroatoms. The first-order valence-corrected chi connectivity index (χ1v) is 8.64. The molecule has 0 bridgehead atoms. The molecule has 2 aliphatic heterocycles. The van der Waals surface area contributed by atoms with E-state index in [4.69, 9.17) is 9.47 Å². The van der Waals surface area contributed by atoms with Crippen LogP contribution in [0.4, 0.5) is 0 Å². The summed E-state index contributed by atoms with van der Waals surface area (Å²) in [5.74, 6) is 2.72. The fourth-order valence-corrected chi connectivity index (χ4v) is 3.70. The summed E-state index contributed by atoms with van der Waals surface area (Å²) in [6, 6.07) is 13.0. The van der Waals surface area contributed by atoms with Crippen LogP contribution in [0.15, 0.2) is 36.4 Å². The van der Waals surface area contributed by atoms with Crippen LogP contribution >= 0.6 is 0 Å². The van der Waals surface area contributed by atoms with Crippen LogP contribution in [0, 0.1) is 6.92 Å². The van der Waals surface area contributed by atoms with Crippen molar-refractivity contribution in [2.24, 2.45) is 0 Å². The van der Waals surface area contributed by atoms with Crippen molar-refractivity contribution in [3.8, 4) is 17.2 Å². The summed E-state index contributed by atoms with van der Waals surface area (Å²) in [5, 5.41) is 3.45. The molecule has 0 amide bonds. The van der Waals surface area contributed by atoms with Gasteiger partial charge < -0.3 is 14.8 Å². The smallest absolute Gasteiger partial charge is 0.134 e. The van der Waals surface area contributed by atoms with Crippen molar-refractivity contribution in [2.45, 2.75) is 19.4 Å². The molecular formula is C20H24N2O2. The van der Waals surface area contributed by atoms with E-state index in [1.807, 2.05) is 12.1 Å². The van der Waals surface area contributed by atoms with E-state index in [1.165, 1.54) is 16.7 Å². The van der Waals surface area contributed by atoms with Gasteiger partial charge in [-0.3, -0.25) is 4.90 Å². The van der Waals surface area contributed by atoms with Crippen LogP contribution in [-0.4, -0.2) is 38.2 Å². The molecule has 2 aromatic rings. The molecule has 126 valence electrons. The average Bonchev–Trinajstić information content (AvgIpc) is 2.78. The number of piperazine rings is 1. The summed E-state index contributed by atoms with van der Waals surface area (Å²) in [6.07, 6.45) is 0.968. The second-order valence-electron chi connectivity index (χ2n) is 6.62. The largest absolute Gasteiger partial charge is 0.497 e. The van der Waals surface area contributed by atoms with Gasteiger partial charge in [0.05, 0.1) is 7.11 Å². The van der Waals surface area contributed by atoms with E-state index in [0.29, 0.717) is 6.04 Å². The second-order valence-corrected chi connectivity index (χ2v) is 6.62. The van der Waals surface area contributed by atoms with Crippen molar-refractivity contribution < 1.29 is 9.47 Å². The highest BCUT2D eigenvalue weighted by atomic mass is 16.5. The topological polar surface area (TPSA) is 33.7 Å². The number of hydrogen-bond acceptors (Lipinski definition) is 4. The van der Waals surface area contributed by atoms with E-state index < -0.39 is 0 Å². The number of nitrogens with zero attached hydrogens (tertiary/aromatic N) is 1. The lowest BCUT2D eigenvalue weighted by atomic mass is 9.95. The van der Waals surface area contributed by atoms with Gasteiger partial charge in [0.25, 0.3) is 0 Å². The quantitative estimate of drug-likeness (QED) is 0.919. The Morgan fingerprint density at radius 2 is 1.92 bits per heavy atom. The number of benzene rings is 2. The lowest BCUT2D eigenvalue weighted by Crippen LogP contribution is -2.45. The molecule has 0 aromatic heterocycles. The Morgan fingerprint density at radius 1 is 1.08 bits per heavy atom. The van der Waals surface area contributed by atoms with Gasteiger partial charge in [-0.1, -0.05) is 23.8 Å². The lowest BCUT2D eigenvalue weighted by molar-refractivity contribution is 0.172. The average molecular weight is 324 g/mol. The fraction of sp³-hybridized carbons (Fsp3) is 0.400. The van der Waals surface area contributed by atoms with Gasteiger partial charge in [-0.05, 0) is 31.0 Å². The molecular weight excluding hydrogens is 300 g/mol. The summed E-state index contributed by atoms with van der Waals surface area (Å²) < 4.78 is 11.7. The van der Waals surface area contributed by atoms with Crippen molar-refractivity contribution in [1.82, 2.24) is 10.2 Å². The van der Waals surface area contributed by atoms with Crippen molar-refractivity contribution in [1.29, 1.82) is 0 Å². The van der Waals surface area contributed by atoms with Gasteiger partial charge in [0.1, 0.15) is 17.2 Å². The zero-order valence-corrected chi connectivity index (χ0v) is 14.3. The minimum atomic E-state index is 0.358. The standard InChI is InChI=1S/C20H24N2O2/c1-14-3-6-19-17(11-14)18(22-9-7-21-8-10-22)12-15-4-5-16(23-2)13-20(15)24-19/h3-6,11,13,18,21H,7-10,12H2,1-2H3. The molecule has 1 atom stereocenters. The van der Waals surface area contributed by atoms with Crippen molar-refractivity contribution in [3.63, 3.8) is 0 Å². The summed E-state index contributed by atoms with van der Waals surface area (Å²) in [4.78, 5) is 2.58. The third-order valence-electron chi connectivity index (χ3n) is 5.02. The number of rotatable bonds is 2. The highest BCUT2D eigenvalue weighted by molar-refractivity contribution is 5.50. The number of hydrogen-bond donors (Lipinski definition) is 1. The van der Waals surface area contributed by atoms with Gasteiger partial charge in [0.15, 0.2) is 0 Å². The molecule has 2 aliphatic rings. The molecule has 1 N–H and O–H groups in total. The first-order chi connectivity index (χ1) is 11.7. The predicted octanol–water partition coefficient (Wildman–Crippen LogP) is 3.30. The van der Waals surface area contributed by atoms with Crippen LogP contribution in [0.25, 0.3) is 0 Å². The first-order valence-electron chi connectivity index (χ1n) is 8.64. The van der Waals surface area contributed by atoms with Gasteiger partial charge in [0.2, 0.25) is 0 Å². The van der Waals surface area contributed by atoms with Gasteiger partial charge >= 0.3 is 0 Å². The van der Waals surface area contributed by atoms with E-state index in [0.717, 1.165) is 49.8 Å². The minimum Gasteiger partial charge on any atom is -0.497 e. The highest BCUT2D eigenvalue weighted by Gasteiger charge is 2.29. The summed E-state index contributed by atoms with van der Waals surface area (Å²) >= 11 is 0. The number of nitrogens with one attached hydrogen (secondary N) is 1. The Hall–Kier alpha value is -2.04. The van der Waals surface area contributed by atoms with Crippen LogP contribution in [0.2, 0.25) is 0 Å². The Labute approximate surface area is 143 Å². The van der Waals surface area contributed by atoms with E-state index >= 15 is 0 Å². The maximum atomic E-state index is 6.30. The molecule has 24 heavy (non-hydrogen) atoms. The molecule has 1 unspecified atom stereocenters. The number of ether oxygens (including phenoxy) is 2. The summed E-state index contributed by atoms with van der Waals surface area (Å²) in [6.45, 7) is 6.39. The number of fused-ring (bicyclic) bond motifs is 2. The molecule has 0 saturated carbocycles. The van der Waals surface area contributed by atoms with Crippen LogP contribution in [0.5, 0.6) is 17.2 Å². The van der Waals surface area contributed by atoms with Crippen molar-refractivity contribution in [2.75, 3.05) is 33.3 Å². The molecule has 1 fully saturated rings. The zero-order chi connectivity index (χ0) is 16.5. The van der Waals surface area contributed by atoms with E-state index in [1.54, 1.807) is 7.11 Å². The first kappa shape index (κ1) is 15.5. The maximum absolute atomic E-state index is 6.30. The van der Waals surface area contributed by atoms with Crippen LogP contribution in [0.3, 0.4) is 0 Å². The molecule has 0 aliphatic carbocycles. The number of methoxy groups -OCH3 is 1. The lowest BCUT2D eigenvalue weighted by Gasteiger charge is -2.35. The molecule has 1 saturated heterocycles. The predicted molar refractivity (Wildman–Crippen MR) is 95.1 cm³/mol. The summed E-state index contributed by atoms with van der Waals surface area (Å²) in [5.41, 5.74) is 3.82. The van der Waals surface area contributed by atoms with Crippen LogP contribution in [0.1, 0.15) is 22.7 Å². The third kappa shape index (κ3) is 2.87. The highest BCUT2D eigenvalue weighted by Crippen LogP contribution is 2.42. The maximum Gasteiger partial charge on any atom is 0.134 e. The normalized spacial score (nSPS) is 20.5. The molecule has 4 nitrogen and oxygen atoms in total. The third-order valence-corrected chi connectivity index (χ3v) is 5.02. The zero-order valence-electron chi connectivity index (χ0n) is 14.3. The Morgan fingerprint density at radius 3 is 2.71 bits per heavy atom. The monoisotopic (exact) mass is 324 g/mol. The fourth-order valence-electron chi connectivity index (χ4n) is 3.70. The van der Waals surface area contributed by atoms with Crippen molar-refractivity contribution >= 4 is 0 Å². The van der Waals surface area contributed by atoms with Gasteiger partial charge in [-0.2, -0.15) is 0 Å². The Bertz CT molecular complexity index is 738.